The number of ketones is 1. The van der Waals surface area contributed by atoms with E-state index in [0.717, 1.165) is 22.0 Å². The van der Waals surface area contributed by atoms with Crippen molar-refractivity contribution < 1.29 is 14.7 Å². The summed E-state index contributed by atoms with van der Waals surface area (Å²) in [6.45, 7) is 0. The maximum absolute atomic E-state index is 13.0. The van der Waals surface area contributed by atoms with Gasteiger partial charge in [-0.25, -0.2) is 0 Å². The van der Waals surface area contributed by atoms with Crippen LogP contribution in [0.5, 0.6) is 0 Å². The second kappa shape index (κ2) is 6.63. The first kappa shape index (κ1) is 16.5. The molecule has 1 aliphatic carbocycles. The molecule has 0 spiro atoms. The summed E-state index contributed by atoms with van der Waals surface area (Å²) >= 11 is 0. The van der Waals surface area contributed by atoms with Crippen molar-refractivity contribution in [1.29, 1.82) is 0 Å². The average molecular weight is 325 g/mol. The van der Waals surface area contributed by atoms with Crippen LogP contribution in [0.2, 0.25) is 0 Å². The van der Waals surface area contributed by atoms with Crippen LogP contribution < -0.4 is 4.90 Å². The fourth-order valence-electron chi connectivity index (χ4n) is 3.71. The summed E-state index contributed by atoms with van der Waals surface area (Å²) in [4.78, 5) is 26.1. The topological polar surface area (TPSA) is 57.6 Å². The number of carboxylic acid groups (broad SMARTS) is 1. The molecule has 0 atom stereocenters. The van der Waals surface area contributed by atoms with Gasteiger partial charge in [-0.3, -0.25) is 9.59 Å². The quantitative estimate of drug-likeness (QED) is 0.864. The fraction of sp³-hybridized carbons (Fsp3) is 0.400. The number of aliphatic carboxylic acids is 1. The Morgan fingerprint density at radius 2 is 1.50 bits per heavy atom. The van der Waals surface area contributed by atoms with E-state index in [9.17, 15) is 9.59 Å². The number of Topliss-reactive ketones (excluding diaryl/α,β-unsaturated/α-hetero) is 1. The van der Waals surface area contributed by atoms with Gasteiger partial charge in [0.1, 0.15) is 0 Å². The average Bonchev–Trinajstić information content (AvgIpc) is 2.60. The maximum atomic E-state index is 13.0. The number of rotatable bonds is 4. The lowest BCUT2D eigenvalue weighted by molar-refractivity contribution is -0.143. The number of nitrogens with zero attached hydrogens (tertiary/aromatic N) is 1. The number of hydrogen-bond acceptors (Lipinski definition) is 3. The molecule has 3 rings (SSSR count). The highest BCUT2D eigenvalue weighted by molar-refractivity contribution is 6.12. The largest absolute Gasteiger partial charge is 0.481 e. The number of carboxylic acids is 1. The smallest absolute Gasteiger partial charge is 0.306 e. The van der Waals surface area contributed by atoms with E-state index in [2.05, 4.69) is 4.90 Å². The van der Waals surface area contributed by atoms with Gasteiger partial charge in [0.15, 0.2) is 5.78 Å². The monoisotopic (exact) mass is 325 g/mol. The summed E-state index contributed by atoms with van der Waals surface area (Å²) in [5.41, 5.74) is 1.85. The standard InChI is InChI=1S/C20H23NO3/c1-21(2)18-12-11-17(15-5-3-4-6-16(15)18)19(22)13-7-9-14(10-8-13)20(23)24/h3-6,11-14H,7-10H2,1-2H3,(H,23,24). The van der Waals surface area contributed by atoms with Crippen molar-refractivity contribution in [3.63, 3.8) is 0 Å². The van der Waals surface area contributed by atoms with Crippen LogP contribution in [0.15, 0.2) is 36.4 Å². The first-order chi connectivity index (χ1) is 11.5. The third kappa shape index (κ3) is 3.01. The Hall–Kier alpha value is -2.36. The number of carbonyl (C=O) groups is 2. The van der Waals surface area contributed by atoms with Crippen molar-refractivity contribution in [3.8, 4) is 0 Å². The van der Waals surface area contributed by atoms with E-state index in [4.69, 9.17) is 5.11 Å². The Morgan fingerprint density at radius 3 is 2.08 bits per heavy atom. The van der Waals surface area contributed by atoms with Gasteiger partial charge in [-0.2, -0.15) is 0 Å². The Morgan fingerprint density at radius 1 is 0.917 bits per heavy atom. The van der Waals surface area contributed by atoms with E-state index in [1.165, 1.54) is 0 Å². The second-order valence-electron chi connectivity index (χ2n) is 6.82. The zero-order valence-electron chi connectivity index (χ0n) is 14.2. The predicted molar refractivity (Wildman–Crippen MR) is 95.7 cm³/mol. The van der Waals surface area contributed by atoms with Crippen molar-refractivity contribution in [3.05, 3.63) is 42.0 Å². The molecule has 1 aliphatic rings. The highest BCUT2D eigenvalue weighted by Gasteiger charge is 2.30. The van der Waals surface area contributed by atoms with Gasteiger partial charge in [-0.15, -0.1) is 0 Å². The molecule has 4 heteroatoms. The molecule has 2 aromatic rings. The Balaban J connectivity index is 1.91. The highest BCUT2D eigenvalue weighted by atomic mass is 16.4. The molecule has 0 unspecified atom stereocenters. The Labute approximate surface area is 142 Å². The zero-order valence-corrected chi connectivity index (χ0v) is 14.2. The molecule has 0 bridgehead atoms. The van der Waals surface area contributed by atoms with Crippen molar-refractivity contribution in [2.24, 2.45) is 11.8 Å². The minimum Gasteiger partial charge on any atom is -0.481 e. The lowest BCUT2D eigenvalue weighted by atomic mass is 9.78. The van der Waals surface area contributed by atoms with Crippen molar-refractivity contribution in [2.75, 3.05) is 19.0 Å². The van der Waals surface area contributed by atoms with Crippen LogP contribution in [0.25, 0.3) is 10.8 Å². The van der Waals surface area contributed by atoms with E-state index < -0.39 is 5.97 Å². The van der Waals surface area contributed by atoms with Crippen LogP contribution in [-0.2, 0) is 4.79 Å². The summed E-state index contributed by atoms with van der Waals surface area (Å²) in [5.74, 6) is -0.932. The Bertz CT molecular complexity index is 774. The maximum Gasteiger partial charge on any atom is 0.306 e. The van der Waals surface area contributed by atoms with Crippen LogP contribution in [0.1, 0.15) is 36.0 Å². The van der Waals surface area contributed by atoms with Gasteiger partial charge in [0.05, 0.1) is 5.92 Å². The molecule has 126 valence electrons. The lowest BCUT2D eigenvalue weighted by Crippen LogP contribution is -2.26. The van der Waals surface area contributed by atoms with E-state index in [1.807, 2.05) is 50.5 Å². The number of hydrogen-bond donors (Lipinski definition) is 1. The fourth-order valence-corrected chi connectivity index (χ4v) is 3.71. The molecule has 0 aliphatic heterocycles. The van der Waals surface area contributed by atoms with Gasteiger partial charge in [0.25, 0.3) is 0 Å². The summed E-state index contributed by atoms with van der Waals surface area (Å²) < 4.78 is 0. The number of benzene rings is 2. The van der Waals surface area contributed by atoms with Gasteiger partial charge >= 0.3 is 5.97 Å². The molecule has 0 radical (unpaired) electrons. The molecule has 0 amide bonds. The molecule has 4 nitrogen and oxygen atoms in total. The molecular formula is C20H23NO3. The predicted octanol–water partition coefficient (Wildman–Crippen LogP) is 3.98. The Kier molecular flexibility index (Phi) is 4.56. The van der Waals surface area contributed by atoms with Crippen LogP contribution >= 0.6 is 0 Å². The van der Waals surface area contributed by atoms with Gasteiger partial charge in [0.2, 0.25) is 0 Å². The first-order valence-electron chi connectivity index (χ1n) is 8.45. The summed E-state index contributed by atoms with van der Waals surface area (Å²) in [6.07, 6.45) is 2.53. The normalized spacial score (nSPS) is 20.8. The van der Waals surface area contributed by atoms with Crippen molar-refractivity contribution in [2.45, 2.75) is 25.7 Å². The summed E-state index contributed by atoms with van der Waals surface area (Å²) in [5, 5.41) is 11.2. The zero-order chi connectivity index (χ0) is 17.3. The number of carbonyl (C=O) groups excluding carboxylic acids is 1. The second-order valence-corrected chi connectivity index (χ2v) is 6.82. The molecule has 0 aromatic heterocycles. The van der Waals surface area contributed by atoms with E-state index in [0.29, 0.717) is 25.7 Å². The summed E-state index contributed by atoms with van der Waals surface area (Å²) in [7, 11) is 3.99. The molecule has 1 N–H and O–H groups in total. The van der Waals surface area contributed by atoms with E-state index in [-0.39, 0.29) is 17.6 Å². The number of anilines is 1. The molecular weight excluding hydrogens is 302 g/mol. The van der Waals surface area contributed by atoms with Gasteiger partial charge < -0.3 is 10.0 Å². The molecule has 1 saturated carbocycles. The highest BCUT2D eigenvalue weighted by Crippen LogP contribution is 2.34. The first-order valence-corrected chi connectivity index (χ1v) is 8.45. The third-order valence-corrected chi connectivity index (χ3v) is 5.10. The SMILES string of the molecule is CN(C)c1ccc(C(=O)C2CCC(C(=O)O)CC2)c2ccccc12. The third-order valence-electron chi connectivity index (χ3n) is 5.10. The van der Waals surface area contributed by atoms with Gasteiger partial charge in [-0.05, 0) is 43.2 Å². The van der Waals surface area contributed by atoms with E-state index >= 15 is 0 Å². The summed E-state index contributed by atoms with van der Waals surface area (Å²) in [6, 6.07) is 11.9. The van der Waals surface area contributed by atoms with Gasteiger partial charge in [-0.1, -0.05) is 24.3 Å². The van der Waals surface area contributed by atoms with Crippen LogP contribution in [0.4, 0.5) is 5.69 Å². The molecule has 0 heterocycles. The molecule has 2 aromatic carbocycles. The minimum absolute atomic E-state index is 0.0609. The van der Waals surface area contributed by atoms with Crippen LogP contribution in [0, 0.1) is 11.8 Å². The van der Waals surface area contributed by atoms with Crippen molar-refractivity contribution in [1.82, 2.24) is 0 Å². The van der Waals surface area contributed by atoms with Gasteiger partial charge in [0, 0.05) is 36.7 Å². The van der Waals surface area contributed by atoms with Crippen LogP contribution in [-0.4, -0.2) is 31.0 Å². The minimum atomic E-state index is -0.735. The number of fused-ring (bicyclic) bond motifs is 1. The lowest BCUT2D eigenvalue weighted by Gasteiger charge is -2.26. The molecule has 24 heavy (non-hydrogen) atoms. The molecule has 1 fully saturated rings. The molecule has 0 saturated heterocycles. The van der Waals surface area contributed by atoms with E-state index in [1.54, 1.807) is 0 Å². The van der Waals surface area contributed by atoms with Crippen molar-refractivity contribution >= 4 is 28.2 Å². The van der Waals surface area contributed by atoms with Crippen LogP contribution in [0.3, 0.4) is 0 Å².